The van der Waals surface area contributed by atoms with Crippen LogP contribution in [0.2, 0.25) is 0 Å². The van der Waals surface area contributed by atoms with E-state index in [9.17, 15) is 0 Å². The zero-order valence-corrected chi connectivity index (χ0v) is 27.4. The highest BCUT2D eigenvalue weighted by Crippen LogP contribution is 2.48. The molecule has 9 aromatic carbocycles. The molecule has 0 atom stereocenters. The fraction of sp³-hybridized carbons (Fsp3) is 0. The normalized spacial score (nSPS) is 12.2. The second kappa shape index (κ2) is 11.3. The molecule has 0 unspecified atom stereocenters. The minimum absolute atomic E-state index is 0.533. The van der Waals surface area contributed by atoms with E-state index in [2.05, 4.69) is 140 Å². The summed E-state index contributed by atoms with van der Waals surface area (Å²) >= 11 is 1.71. The first-order chi connectivity index (χ1) is 25.1. The molecule has 49 heavy (non-hydrogen) atoms. The first kappa shape index (κ1) is 26.0. The maximum atomic E-state index is 8.62. The topological polar surface area (TPSA) is 0 Å². The molecule has 0 nitrogen and oxygen atoms in total. The summed E-state index contributed by atoms with van der Waals surface area (Å²) in [6.45, 7) is 0. The van der Waals surface area contributed by atoms with Gasteiger partial charge in [-0.2, -0.15) is 0 Å². The van der Waals surface area contributed by atoms with Crippen LogP contribution in [0.5, 0.6) is 0 Å². The molecule has 1 heteroatoms. The van der Waals surface area contributed by atoms with Crippen molar-refractivity contribution in [2.75, 3.05) is 0 Å². The molecule has 0 aliphatic heterocycles. The van der Waals surface area contributed by atoms with Gasteiger partial charge in [-0.1, -0.05) is 164 Å². The van der Waals surface area contributed by atoms with Crippen LogP contribution in [0.25, 0.3) is 97.0 Å². The third-order valence-corrected chi connectivity index (χ3v) is 11.0. The predicted molar refractivity (Wildman–Crippen MR) is 214 cm³/mol. The average Bonchev–Trinajstić information content (AvgIpc) is 3.57. The van der Waals surface area contributed by atoms with E-state index in [0.717, 1.165) is 20.9 Å². The molecule has 228 valence electrons. The maximum Gasteiger partial charge on any atom is 0.0638 e. The summed E-state index contributed by atoms with van der Waals surface area (Å²) in [6.07, 6.45) is 0. The van der Waals surface area contributed by atoms with Gasteiger partial charge in [-0.15, -0.1) is 11.3 Å². The Morgan fingerprint density at radius 3 is 1.76 bits per heavy atom. The number of rotatable bonds is 4. The molecule has 10 rings (SSSR count). The Bertz CT molecular complexity index is 2930. The standard InChI is InChI=1S/C48H30S/c1-2-13-34-30-35(29-26-31(34)12-1)32-24-27-33(28-25-32)46-39-16-5-7-18-41(39)47(42-19-8-6-17-40(42)46)37-15-4-3-14-36(37)38-21-11-23-45-48(38)43-20-9-10-22-44(43)49-45/h1-30H/i1D,22D. The average molecular weight is 641 g/mol. The predicted octanol–water partition coefficient (Wildman–Crippen LogP) is 14.2. The Morgan fingerprint density at radius 1 is 0.367 bits per heavy atom. The van der Waals surface area contributed by atoms with Gasteiger partial charge < -0.3 is 0 Å². The van der Waals surface area contributed by atoms with Gasteiger partial charge in [0.15, 0.2) is 0 Å². The smallest absolute Gasteiger partial charge is 0.0638 e. The van der Waals surface area contributed by atoms with E-state index in [-0.39, 0.29) is 0 Å². The number of benzene rings is 9. The van der Waals surface area contributed by atoms with Crippen LogP contribution < -0.4 is 0 Å². The summed E-state index contributed by atoms with van der Waals surface area (Å²) in [5.74, 6) is 0. The Hall–Kier alpha value is -6.02. The molecular formula is C48H30S. The van der Waals surface area contributed by atoms with E-state index >= 15 is 0 Å². The van der Waals surface area contributed by atoms with Crippen LogP contribution in [0, 0.1) is 0 Å². The van der Waals surface area contributed by atoms with Crippen molar-refractivity contribution in [3.63, 3.8) is 0 Å². The molecule has 1 aromatic heterocycles. The Morgan fingerprint density at radius 2 is 0.980 bits per heavy atom. The Kier molecular flexibility index (Phi) is 6.00. The zero-order chi connectivity index (χ0) is 34.1. The van der Waals surface area contributed by atoms with Crippen LogP contribution in [0.15, 0.2) is 182 Å². The molecule has 0 bridgehead atoms. The third-order valence-electron chi connectivity index (χ3n) is 9.94. The van der Waals surface area contributed by atoms with E-state index < -0.39 is 0 Å². The van der Waals surface area contributed by atoms with Gasteiger partial charge in [-0.3, -0.25) is 0 Å². The highest BCUT2D eigenvalue weighted by atomic mass is 32.1. The molecule has 0 radical (unpaired) electrons. The lowest BCUT2D eigenvalue weighted by molar-refractivity contribution is 1.62. The first-order valence-electron chi connectivity index (χ1n) is 17.7. The number of thiophene rings is 1. The Labute approximate surface area is 292 Å². The number of hydrogen-bond donors (Lipinski definition) is 0. The lowest BCUT2D eigenvalue weighted by Gasteiger charge is -2.20. The third kappa shape index (κ3) is 4.51. The highest BCUT2D eigenvalue weighted by Gasteiger charge is 2.20. The van der Waals surface area contributed by atoms with Crippen molar-refractivity contribution in [1.82, 2.24) is 0 Å². The SMILES string of the molecule is [2H]c1ccc2cc(-c3ccc(-c4c5ccccc5c(-c5ccccc5-c5cccc6sc7c([2H])cccc7c56)c5ccccc45)cc3)ccc2c1. The summed E-state index contributed by atoms with van der Waals surface area (Å²) in [7, 11) is 0. The van der Waals surface area contributed by atoms with Gasteiger partial charge in [-0.25, -0.2) is 0 Å². The maximum absolute atomic E-state index is 8.62. The molecule has 10 aromatic rings. The van der Waals surface area contributed by atoms with Crippen molar-refractivity contribution in [3.05, 3.63) is 182 Å². The minimum atomic E-state index is 0.533. The van der Waals surface area contributed by atoms with Crippen LogP contribution in [0.1, 0.15) is 2.74 Å². The monoisotopic (exact) mass is 640 g/mol. The Balaban J connectivity index is 1.18. The van der Waals surface area contributed by atoms with Crippen molar-refractivity contribution in [2.45, 2.75) is 0 Å². The molecule has 0 saturated heterocycles. The van der Waals surface area contributed by atoms with Gasteiger partial charge in [0.05, 0.1) is 2.74 Å². The van der Waals surface area contributed by atoms with Crippen LogP contribution >= 0.6 is 11.3 Å². The summed E-state index contributed by atoms with van der Waals surface area (Å²) in [6, 6.07) is 61.5. The summed E-state index contributed by atoms with van der Waals surface area (Å²) < 4.78 is 18.8. The van der Waals surface area contributed by atoms with Crippen LogP contribution in [0.3, 0.4) is 0 Å². The first-order valence-corrected chi connectivity index (χ1v) is 17.5. The second-order valence-electron chi connectivity index (χ2n) is 12.6. The van der Waals surface area contributed by atoms with Gasteiger partial charge in [0.25, 0.3) is 0 Å². The van der Waals surface area contributed by atoms with Crippen LogP contribution in [-0.2, 0) is 0 Å². The fourth-order valence-electron chi connectivity index (χ4n) is 7.73. The number of hydrogen-bond acceptors (Lipinski definition) is 1. The van der Waals surface area contributed by atoms with Crippen molar-refractivity contribution < 1.29 is 2.74 Å². The molecule has 0 N–H and O–H groups in total. The molecule has 1 heterocycles. The van der Waals surface area contributed by atoms with Crippen molar-refractivity contribution >= 4 is 63.8 Å². The molecule has 0 aliphatic rings. The quantitative estimate of drug-likeness (QED) is 0.168. The highest BCUT2D eigenvalue weighted by molar-refractivity contribution is 7.25. The zero-order valence-electron chi connectivity index (χ0n) is 28.6. The lowest BCUT2D eigenvalue weighted by Crippen LogP contribution is -1.93. The van der Waals surface area contributed by atoms with E-state index in [1.165, 1.54) is 76.1 Å². The summed E-state index contributed by atoms with van der Waals surface area (Å²) in [5.41, 5.74) is 9.59. The molecule has 0 aliphatic carbocycles. The second-order valence-corrected chi connectivity index (χ2v) is 13.7. The van der Waals surface area contributed by atoms with Gasteiger partial charge in [0.1, 0.15) is 0 Å². The van der Waals surface area contributed by atoms with Crippen LogP contribution in [0.4, 0.5) is 0 Å². The minimum Gasteiger partial charge on any atom is -0.135 e. The molecule has 0 spiro atoms. The van der Waals surface area contributed by atoms with Gasteiger partial charge >= 0.3 is 0 Å². The molecular weight excluding hydrogens is 609 g/mol. The van der Waals surface area contributed by atoms with Gasteiger partial charge in [0, 0.05) is 20.2 Å². The summed E-state index contributed by atoms with van der Waals surface area (Å²) in [5, 5.41) is 9.50. The van der Waals surface area contributed by atoms with Crippen molar-refractivity contribution in [1.29, 1.82) is 0 Å². The van der Waals surface area contributed by atoms with E-state index in [0.29, 0.717) is 12.1 Å². The largest absolute Gasteiger partial charge is 0.135 e. The van der Waals surface area contributed by atoms with Crippen molar-refractivity contribution in [3.8, 4) is 44.5 Å². The van der Waals surface area contributed by atoms with Gasteiger partial charge in [0.2, 0.25) is 0 Å². The van der Waals surface area contributed by atoms with Gasteiger partial charge in [-0.05, 0) is 95.0 Å². The molecule has 0 saturated carbocycles. The van der Waals surface area contributed by atoms with Crippen molar-refractivity contribution in [2.24, 2.45) is 0 Å². The molecule has 0 amide bonds. The summed E-state index contributed by atoms with van der Waals surface area (Å²) in [4.78, 5) is 0. The lowest BCUT2D eigenvalue weighted by atomic mass is 9.83. The number of fused-ring (bicyclic) bond motifs is 6. The van der Waals surface area contributed by atoms with E-state index in [1.54, 1.807) is 11.3 Å². The van der Waals surface area contributed by atoms with E-state index in [4.69, 9.17) is 2.74 Å². The fourth-order valence-corrected chi connectivity index (χ4v) is 8.83. The van der Waals surface area contributed by atoms with E-state index in [1.807, 2.05) is 30.3 Å². The van der Waals surface area contributed by atoms with Crippen LogP contribution in [-0.4, -0.2) is 0 Å². The molecule has 0 fully saturated rings.